The quantitative estimate of drug-likeness (QED) is 0.536. The van der Waals surface area contributed by atoms with Crippen molar-refractivity contribution in [1.29, 1.82) is 0 Å². The van der Waals surface area contributed by atoms with Crippen LogP contribution in [0.15, 0.2) is 4.99 Å². The van der Waals surface area contributed by atoms with Crippen LogP contribution in [0.5, 0.6) is 0 Å². The van der Waals surface area contributed by atoms with Gasteiger partial charge < -0.3 is 4.79 Å². The van der Waals surface area contributed by atoms with Crippen LogP contribution in [0, 0.1) is 12.8 Å². The third-order valence-electron chi connectivity index (χ3n) is 2.38. The van der Waals surface area contributed by atoms with E-state index in [9.17, 15) is 4.79 Å². The zero-order valence-electron chi connectivity index (χ0n) is 11.5. The number of ketones is 1. The Balaban J connectivity index is 0. The summed E-state index contributed by atoms with van der Waals surface area (Å²) >= 11 is 0. The van der Waals surface area contributed by atoms with Crippen molar-refractivity contribution >= 4 is 12.0 Å². The monoisotopic (exact) mass is 237 g/mol. The van der Waals surface area contributed by atoms with Crippen molar-refractivity contribution in [3.8, 4) is 12.8 Å². The van der Waals surface area contributed by atoms with Gasteiger partial charge in [-0.2, -0.15) is 0 Å². The lowest BCUT2D eigenvalue weighted by molar-refractivity contribution is -0.117. The van der Waals surface area contributed by atoms with E-state index >= 15 is 0 Å². The summed E-state index contributed by atoms with van der Waals surface area (Å²) in [6, 6.07) is 0. The first kappa shape index (κ1) is 18.3. The molecule has 0 bridgehead atoms. The van der Waals surface area contributed by atoms with Gasteiger partial charge >= 0.3 is 0 Å². The third-order valence-corrected chi connectivity index (χ3v) is 2.38. The molecule has 17 heavy (non-hydrogen) atoms. The summed E-state index contributed by atoms with van der Waals surface area (Å²) in [5, 5.41) is 0. The van der Waals surface area contributed by atoms with Gasteiger partial charge in [0, 0.05) is 13.0 Å². The van der Waals surface area contributed by atoms with Crippen LogP contribution in [0.4, 0.5) is 0 Å². The molecular formula is C15H27NO. The van der Waals surface area contributed by atoms with E-state index in [1.165, 1.54) is 38.5 Å². The van der Waals surface area contributed by atoms with Gasteiger partial charge in [-0.25, -0.2) is 0 Å². The van der Waals surface area contributed by atoms with Crippen LogP contribution in [0.3, 0.4) is 0 Å². The molecule has 0 aliphatic carbocycles. The molecular weight excluding hydrogens is 210 g/mol. The van der Waals surface area contributed by atoms with Crippen molar-refractivity contribution in [1.82, 2.24) is 0 Å². The summed E-state index contributed by atoms with van der Waals surface area (Å²) in [7, 11) is 0. The van der Waals surface area contributed by atoms with E-state index in [4.69, 9.17) is 0 Å². The van der Waals surface area contributed by atoms with Crippen LogP contribution in [0.1, 0.15) is 65.2 Å². The Morgan fingerprint density at radius 3 is 2.53 bits per heavy atom. The number of nitrogens with zero attached hydrogens (tertiary/aromatic N) is 1. The Kier molecular flexibility index (Phi) is 18.6. The van der Waals surface area contributed by atoms with E-state index in [2.05, 4.69) is 24.8 Å². The van der Waals surface area contributed by atoms with Crippen LogP contribution < -0.4 is 0 Å². The molecule has 0 N–H and O–H groups in total. The lowest BCUT2D eigenvalue weighted by Gasteiger charge is -1.90. The number of Topliss-reactive ketones (excluding diaryl/α,β-unsaturated/α-hetero) is 1. The Labute approximate surface area is 107 Å². The molecule has 0 spiro atoms. The SMILES string of the molecule is C#C.C1=NCCCCC1.CCCCCC(C)=O. The lowest BCUT2D eigenvalue weighted by Crippen LogP contribution is -1.87. The first-order chi connectivity index (χ1) is 8.27. The van der Waals surface area contributed by atoms with E-state index in [0.29, 0.717) is 5.78 Å². The molecule has 1 rings (SSSR count). The first-order valence-corrected chi connectivity index (χ1v) is 6.58. The summed E-state index contributed by atoms with van der Waals surface area (Å²) in [6.07, 6.45) is 19.5. The van der Waals surface area contributed by atoms with Gasteiger partial charge in [-0.1, -0.05) is 26.2 Å². The van der Waals surface area contributed by atoms with E-state index in [-0.39, 0.29) is 0 Å². The standard InChI is InChI=1S/C7H14O.C6H11N.C2H2/c1-3-4-5-6-7(2)8;1-2-4-6-7-5-3-1;1-2/h3-6H2,1-2H3;5H,1-4,6H2;1-2H. The molecule has 0 unspecified atom stereocenters. The Morgan fingerprint density at radius 1 is 1.24 bits per heavy atom. The molecule has 98 valence electrons. The fourth-order valence-corrected chi connectivity index (χ4v) is 1.42. The highest BCUT2D eigenvalue weighted by Crippen LogP contribution is 2.01. The van der Waals surface area contributed by atoms with E-state index in [1.807, 2.05) is 6.21 Å². The molecule has 1 aliphatic heterocycles. The minimum atomic E-state index is 0.318. The second kappa shape index (κ2) is 17.3. The lowest BCUT2D eigenvalue weighted by atomic mass is 10.2. The number of aliphatic imine (C=N–C) groups is 1. The van der Waals surface area contributed by atoms with Gasteiger partial charge in [0.1, 0.15) is 5.78 Å². The zero-order chi connectivity index (χ0) is 13.4. The Hall–Kier alpha value is -1.10. The predicted molar refractivity (Wildman–Crippen MR) is 76.5 cm³/mol. The highest BCUT2D eigenvalue weighted by molar-refractivity contribution is 5.75. The zero-order valence-corrected chi connectivity index (χ0v) is 11.5. The van der Waals surface area contributed by atoms with Crippen molar-refractivity contribution in [2.24, 2.45) is 4.99 Å². The first-order valence-electron chi connectivity index (χ1n) is 6.58. The van der Waals surface area contributed by atoms with E-state index in [0.717, 1.165) is 19.4 Å². The maximum Gasteiger partial charge on any atom is 0.129 e. The number of unbranched alkanes of at least 4 members (excludes halogenated alkanes) is 2. The maximum absolute atomic E-state index is 10.3. The van der Waals surface area contributed by atoms with E-state index < -0.39 is 0 Å². The number of rotatable bonds is 4. The smallest absolute Gasteiger partial charge is 0.129 e. The predicted octanol–water partition coefficient (Wildman–Crippen LogP) is 4.04. The normalized spacial score (nSPS) is 13.4. The third kappa shape index (κ3) is 20.9. The van der Waals surface area contributed by atoms with Crippen molar-refractivity contribution in [2.75, 3.05) is 6.54 Å². The molecule has 0 aromatic heterocycles. The van der Waals surface area contributed by atoms with Crippen molar-refractivity contribution in [3.63, 3.8) is 0 Å². The average molecular weight is 237 g/mol. The van der Waals surface area contributed by atoms with Gasteiger partial charge in [-0.05, 0) is 38.8 Å². The van der Waals surface area contributed by atoms with Crippen molar-refractivity contribution < 1.29 is 4.79 Å². The van der Waals surface area contributed by atoms with Crippen molar-refractivity contribution in [2.45, 2.75) is 65.2 Å². The van der Waals surface area contributed by atoms with Gasteiger partial charge in [0.2, 0.25) is 0 Å². The van der Waals surface area contributed by atoms with Crippen LogP contribution in [0.2, 0.25) is 0 Å². The number of carbonyl (C=O) groups is 1. The Bertz CT molecular complexity index is 198. The number of hydrogen-bond donors (Lipinski definition) is 0. The summed E-state index contributed by atoms with van der Waals surface area (Å²) < 4.78 is 0. The molecule has 0 aromatic carbocycles. The van der Waals surface area contributed by atoms with Crippen LogP contribution in [0.25, 0.3) is 0 Å². The number of hydrogen-bond acceptors (Lipinski definition) is 2. The average Bonchev–Trinajstić information content (AvgIpc) is 2.64. The molecule has 2 nitrogen and oxygen atoms in total. The molecule has 0 saturated heterocycles. The summed E-state index contributed by atoms with van der Waals surface area (Å²) in [6.45, 7) is 4.86. The number of terminal acetylenes is 1. The fraction of sp³-hybridized carbons (Fsp3) is 0.733. The molecule has 0 amide bonds. The minimum Gasteiger partial charge on any atom is -0.300 e. The molecule has 0 radical (unpaired) electrons. The molecule has 0 atom stereocenters. The molecule has 0 saturated carbocycles. The molecule has 0 aromatic rings. The van der Waals surface area contributed by atoms with Crippen LogP contribution in [-0.2, 0) is 4.79 Å². The molecule has 1 heterocycles. The molecule has 2 heteroatoms. The van der Waals surface area contributed by atoms with Crippen molar-refractivity contribution in [3.05, 3.63) is 0 Å². The number of carbonyl (C=O) groups excluding carboxylic acids is 1. The second-order valence-corrected chi connectivity index (χ2v) is 4.10. The maximum atomic E-state index is 10.3. The fourth-order valence-electron chi connectivity index (χ4n) is 1.42. The summed E-state index contributed by atoms with van der Waals surface area (Å²) in [4.78, 5) is 14.5. The molecule has 1 aliphatic rings. The van der Waals surface area contributed by atoms with Crippen LogP contribution >= 0.6 is 0 Å². The van der Waals surface area contributed by atoms with Gasteiger partial charge in [0.15, 0.2) is 0 Å². The summed E-state index contributed by atoms with van der Waals surface area (Å²) in [5.74, 6) is 0.318. The molecule has 0 fully saturated rings. The summed E-state index contributed by atoms with van der Waals surface area (Å²) in [5.41, 5.74) is 0. The van der Waals surface area contributed by atoms with E-state index in [1.54, 1.807) is 6.92 Å². The highest BCUT2D eigenvalue weighted by Gasteiger charge is 1.90. The van der Waals surface area contributed by atoms with Gasteiger partial charge in [-0.15, -0.1) is 12.8 Å². The Morgan fingerprint density at radius 2 is 1.94 bits per heavy atom. The minimum absolute atomic E-state index is 0.318. The van der Waals surface area contributed by atoms with Gasteiger partial charge in [-0.3, -0.25) is 4.99 Å². The second-order valence-electron chi connectivity index (χ2n) is 4.10. The highest BCUT2D eigenvalue weighted by atomic mass is 16.1. The van der Waals surface area contributed by atoms with Gasteiger partial charge in [0.25, 0.3) is 0 Å². The van der Waals surface area contributed by atoms with Crippen LogP contribution in [-0.4, -0.2) is 18.5 Å². The van der Waals surface area contributed by atoms with Gasteiger partial charge in [0.05, 0.1) is 0 Å². The topological polar surface area (TPSA) is 29.4 Å². The largest absolute Gasteiger partial charge is 0.300 e.